The Hall–Kier alpha value is -2.71. The molecule has 1 fully saturated rings. The van der Waals surface area contributed by atoms with Crippen molar-refractivity contribution in [3.63, 3.8) is 0 Å². The van der Waals surface area contributed by atoms with Crippen LogP contribution < -0.4 is 4.74 Å². The largest absolute Gasteiger partial charge is 0.497 e. The van der Waals surface area contributed by atoms with Crippen LogP contribution >= 0.6 is 11.8 Å². The van der Waals surface area contributed by atoms with Gasteiger partial charge in [0, 0.05) is 35.3 Å². The summed E-state index contributed by atoms with van der Waals surface area (Å²) in [4.78, 5) is 19.5. The lowest BCUT2D eigenvalue weighted by Crippen LogP contribution is -2.44. The lowest BCUT2D eigenvalue weighted by Gasteiger charge is -2.36. The van der Waals surface area contributed by atoms with Gasteiger partial charge in [0.25, 0.3) is 0 Å². The van der Waals surface area contributed by atoms with Crippen LogP contribution in [-0.2, 0) is 4.79 Å². The van der Waals surface area contributed by atoms with Gasteiger partial charge in [0.2, 0.25) is 0 Å². The van der Waals surface area contributed by atoms with Crippen molar-refractivity contribution in [1.29, 1.82) is 0 Å². The van der Waals surface area contributed by atoms with Crippen LogP contribution in [0.4, 0.5) is 8.78 Å². The number of thioether (sulfide) groups is 1. The van der Waals surface area contributed by atoms with Crippen LogP contribution in [0.25, 0.3) is 10.9 Å². The van der Waals surface area contributed by atoms with E-state index in [0.29, 0.717) is 29.8 Å². The minimum atomic E-state index is -1.20. The average molecular weight is 501 g/mol. The van der Waals surface area contributed by atoms with Crippen LogP contribution in [0.5, 0.6) is 5.75 Å². The zero-order chi connectivity index (χ0) is 24.8. The highest BCUT2D eigenvalue weighted by Crippen LogP contribution is 2.35. The predicted octanol–water partition coefficient (Wildman–Crippen LogP) is 5.99. The van der Waals surface area contributed by atoms with Crippen molar-refractivity contribution in [1.82, 2.24) is 9.88 Å². The van der Waals surface area contributed by atoms with Gasteiger partial charge in [-0.05, 0) is 85.8 Å². The number of alkyl halides is 1. The van der Waals surface area contributed by atoms with E-state index in [1.807, 2.05) is 6.07 Å². The van der Waals surface area contributed by atoms with E-state index in [-0.39, 0.29) is 18.2 Å². The van der Waals surface area contributed by atoms with Crippen LogP contribution in [0.1, 0.15) is 31.0 Å². The maximum atomic E-state index is 15.4. The second-order valence-corrected chi connectivity index (χ2v) is 10.1. The Morgan fingerprint density at radius 3 is 2.80 bits per heavy atom. The first-order valence-corrected chi connectivity index (χ1v) is 12.8. The number of carboxylic acid groups (broad SMARTS) is 1. The normalized spacial score (nSPS) is 19.5. The molecule has 8 heteroatoms. The number of carboxylic acids is 1. The van der Waals surface area contributed by atoms with Crippen molar-refractivity contribution in [3.05, 3.63) is 66.1 Å². The molecule has 5 nitrogen and oxygen atoms in total. The SMILES string of the molecule is COc1ccc2nccc([C@@H](F)CC[C@@H]3CCN(CCSc4ccc(F)cc4)C[C@@H]3C(=O)O)c2c1. The van der Waals surface area contributed by atoms with Gasteiger partial charge in [-0.3, -0.25) is 9.78 Å². The molecular weight excluding hydrogens is 470 g/mol. The number of ether oxygens (including phenoxy) is 1. The first-order valence-electron chi connectivity index (χ1n) is 11.8. The third-order valence-electron chi connectivity index (χ3n) is 6.76. The van der Waals surface area contributed by atoms with Crippen LogP contribution in [-0.4, -0.2) is 53.5 Å². The van der Waals surface area contributed by atoms with E-state index < -0.39 is 18.1 Å². The molecule has 1 aromatic heterocycles. The first kappa shape index (κ1) is 25.4. The summed E-state index contributed by atoms with van der Waals surface area (Å²) < 4.78 is 33.7. The molecule has 0 spiro atoms. The fourth-order valence-electron chi connectivity index (χ4n) is 4.78. The van der Waals surface area contributed by atoms with Crippen molar-refractivity contribution in [2.75, 3.05) is 32.5 Å². The van der Waals surface area contributed by atoms with Crippen molar-refractivity contribution in [3.8, 4) is 5.75 Å². The summed E-state index contributed by atoms with van der Waals surface area (Å²) >= 11 is 1.63. The van der Waals surface area contributed by atoms with E-state index in [4.69, 9.17) is 4.74 Å². The summed E-state index contributed by atoms with van der Waals surface area (Å²) in [7, 11) is 1.57. The Labute approximate surface area is 208 Å². The van der Waals surface area contributed by atoms with E-state index in [0.717, 1.165) is 35.5 Å². The second-order valence-electron chi connectivity index (χ2n) is 8.92. The summed E-state index contributed by atoms with van der Waals surface area (Å²) in [6.45, 7) is 2.02. The summed E-state index contributed by atoms with van der Waals surface area (Å²) in [5.74, 6) is -0.202. The summed E-state index contributed by atoms with van der Waals surface area (Å²) in [5.41, 5.74) is 1.28. The van der Waals surface area contributed by atoms with Gasteiger partial charge in [0.05, 0.1) is 18.5 Å². The zero-order valence-corrected chi connectivity index (χ0v) is 20.5. The Bertz CT molecular complexity index is 1140. The number of hydrogen-bond acceptors (Lipinski definition) is 5. The zero-order valence-electron chi connectivity index (χ0n) is 19.7. The number of methoxy groups -OCH3 is 1. The number of halogens is 2. The molecular formula is C27H30F2N2O3S. The van der Waals surface area contributed by atoms with Gasteiger partial charge in [0.1, 0.15) is 17.7 Å². The minimum Gasteiger partial charge on any atom is -0.497 e. The van der Waals surface area contributed by atoms with Crippen molar-refractivity contribution in [2.45, 2.75) is 30.3 Å². The quantitative estimate of drug-likeness (QED) is 0.345. The van der Waals surface area contributed by atoms with Gasteiger partial charge in [0.15, 0.2) is 0 Å². The number of benzene rings is 2. The lowest BCUT2D eigenvalue weighted by atomic mass is 9.81. The van der Waals surface area contributed by atoms with Gasteiger partial charge < -0.3 is 14.7 Å². The summed E-state index contributed by atoms with van der Waals surface area (Å²) in [6, 6.07) is 13.5. The molecule has 0 saturated carbocycles. The molecule has 1 saturated heterocycles. The van der Waals surface area contributed by atoms with Crippen LogP contribution in [0.3, 0.4) is 0 Å². The molecule has 3 atom stereocenters. The van der Waals surface area contributed by atoms with E-state index in [9.17, 15) is 14.3 Å². The van der Waals surface area contributed by atoms with E-state index in [2.05, 4.69) is 9.88 Å². The number of piperidine rings is 1. The van der Waals surface area contributed by atoms with Gasteiger partial charge in [-0.15, -0.1) is 11.8 Å². The second kappa shape index (κ2) is 11.8. The van der Waals surface area contributed by atoms with Gasteiger partial charge in [-0.2, -0.15) is 0 Å². The molecule has 0 unspecified atom stereocenters. The van der Waals surface area contributed by atoms with Crippen molar-refractivity contribution < 1.29 is 23.4 Å². The fraction of sp³-hybridized carbons (Fsp3) is 0.407. The summed E-state index contributed by atoms with van der Waals surface area (Å²) in [5, 5.41) is 10.6. The molecule has 0 bridgehead atoms. The molecule has 1 aliphatic rings. The molecule has 35 heavy (non-hydrogen) atoms. The molecule has 2 aromatic carbocycles. The minimum absolute atomic E-state index is 0.0608. The molecule has 0 aliphatic carbocycles. The maximum absolute atomic E-state index is 15.4. The molecule has 0 amide bonds. The van der Waals surface area contributed by atoms with Gasteiger partial charge in [-0.25, -0.2) is 8.78 Å². The number of hydrogen-bond donors (Lipinski definition) is 1. The van der Waals surface area contributed by atoms with Gasteiger partial charge >= 0.3 is 5.97 Å². The van der Waals surface area contributed by atoms with Crippen molar-refractivity contribution >= 4 is 28.6 Å². The smallest absolute Gasteiger partial charge is 0.308 e. The number of aliphatic carboxylic acids is 1. The Morgan fingerprint density at radius 2 is 2.06 bits per heavy atom. The molecule has 186 valence electrons. The first-order chi connectivity index (χ1) is 16.9. The number of pyridine rings is 1. The molecule has 3 aromatic rings. The maximum Gasteiger partial charge on any atom is 0.308 e. The molecule has 1 aliphatic heterocycles. The lowest BCUT2D eigenvalue weighted by molar-refractivity contribution is -0.146. The van der Waals surface area contributed by atoms with E-state index in [1.54, 1.807) is 55.4 Å². The monoisotopic (exact) mass is 500 g/mol. The Morgan fingerprint density at radius 1 is 1.26 bits per heavy atom. The molecule has 0 radical (unpaired) electrons. The van der Waals surface area contributed by atoms with E-state index in [1.165, 1.54) is 12.1 Å². The van der Waals surface area contributed by atoms with Gasteiger partial charge in [-0.1, -0.05) is 0 Å². The van der Waals surface area contributed by atoms with E-state index >= 15 is 4.39 Å². The number of carbonyl (C=O) groups is 1. The topological polar surface area (TPSA) is 62.7 Å². The third-order valence-corrected chi connectivity index (χ3v) is 7.75. The Kier molecular flexibility index (Phi) is 8.57. The number of fused-ring (bicyclic) bond motifs is 1. The number of aromatic nitrogens is 1. The summed E-state index contributed by atoms with van der Waals surface area (Å²) in [6.07, 6.45) is 1.93. The van der Waals surface area contributed by atoms with Crippen molar-refractivity contribution in [2.24, 2.45) is 11.8 Å². The number of rotatable bonds is 10. The fourth-order valence-corrected chi connectivity index (χ4v) is 5.70. The molecule has 2 heterocycles. The number of nitrogens with zero attached hydrogens (tertiary/aromatic N) is 2. The highest BCUT2D eigenvalue weighted by atomic mass is 32.2. The van der Waals surface area contributed by atoms with Crippen LogP contribution in [0, 0.1) is 17.7 Å². The highest BCUT2D eigenvalue weighted by Gasteiger charge is 2.34. The molecule has 4 rings (SSSR count). The highest BCUT2D eigenvalue weighted by molar-refractivity contribution is 7.99. The average Bonchev–Trinajstić information content (AvgIpc) is 2.88. The van der Waals surface area contributed by atoms with Crippen LogP contribution in [0.15, 0.2) is 59.6 Å². The Balaban J connectivity index is 1.32. The van der Waals surface area contributed by atoms with Crippen LogP contribution in [0.2, 0.25) is 0 Å². The standard InChI is InChI=1S/C27H30F2N2O3S/c1-34-20-5-9-26-23(16-20)22(10-12-30-26)25(29)8-2-18-11-13-31(17-24(18)27(32)33)14-15-35-21-6-3-19(28)4-7-21/h3-7,9-10,12,16,18,24-25H,2,8,11,13-15,17H2,1H3,(H,32,33)/t18-,24+,25+/m1/s1. The number of likely N-dealkylation sites (tertiary alicyclic amines) is 1. The predicted molar refractivity (Wildman–Crippen MR) is 134 cm³/mol. The molecule has 1 N–H and O–H groups in total. The third kappa shape index (κ3) is 6.49.